The molecular weight excluding hydrogens is 338 g/mol. The number of hydrogen-bond donors (Lipinski definition) is 0. The van der Waals surface area contributed by atoms with Gasteiger partial charge in [0, 0.05) is 11.1 Å². The zero-order valence-corrected chi connectivity index (χ0v) is 12.3. The summed E-state index contributed by atoms with van der Waals surface area (Å²) in [5, 5.41) is 0.464. The number of ether oxygens (including phenoxy) is 1. The van der Waals surface area contributed by atoms with Crippen molar-refractivity contribution in [3.8, 4) is 5.75 Å². The molecule has 2 aromatic rings. The Kier molecular flexibility index (Phi) is 4.42. The monoisotopic (exact) mass is 346 g/mol. The van der Waals surface area contributed by atoms with Gasteiger partial charge in [-0.1, -0.05) is 33.6 Å². The highest BCUT2D eigenvalue weighted by molar-refractivity contribution is 9.09. The van der Waals surface area contributed by atoms with Gasteiger partial charge in [0.25, 0.3) is 0 Å². The maximum Gasteiger partial charge on any atom is 0.126 e. The minimum atomic E-state index is -0.621. The summed E-state index contributed by atoms with van der Waals surface area (Å²) >= 11 is 9.54. The van der Waals surface area contributed by atoms with E-state index in [-0.39, 0.29) is 0 Å². The van der Waals surface area contributed by atoms with Crippen LogP contribution in [0.4, 0.5) is 8.78 Å². The number of hydrogen-bond acceptors (Lipinski definition) is 1. The molecule has 1 atom stereocenters. The highest BCUT2D eigenvalue weighted by Gasteiger charge is 2.16. The summed E-state index contributed by atoms with van der Waals surface area (Å²) in [6.07, 6.45) is 0. The van der Waals surface area contributed by atoms with Crippen molar-refractivity contribution >= 4 is 27.5 Å². The third kappa shape index (κ3) is 3.25. The van der Waals surface area contributed by atoms with E-state index in [0.29, 0.717) is 21.9 Å². The fourth-order valence-corrected chi connectivity index (χ4v) is 2.82. The Morgan fingerprint density at radius 3 is 2.26 bits per heavy atom. The van der Waals surface area contributed by atoms with Gasteiger partial charge in [-0.05, 0) is 35.4 Å². The normalized spacial score (nSPS) is 12.3. The Labute approximate surface area is 123 Å². The zero-order chi connectivity index (χ0) is 14.0. The van der Waals surface area contributed by atoms with Crippen LogP contribution in [0.3, 0.4) is 0 Å². The van der Waals surface area contributed by atoms with Crippen molar-refractivity contribution in [3.63, 3.8) is 0 Å². The molecule has 0 aliphatic rings. The zero-order valence-electron chi connectivity index (χ0n) is 9.96. The molecule has 5 heteroatoms. The predicted octanol–water partition coefficient (Wildman–Crippen LogP) is 5.11. The van der Waals surface area contributed by atoms with Gasteiger partial charge in [-0.15, -0.1) is 0 Å². The minimum absolute atomic E-state index is 0.392. The van der Waals surface area contributed by atoms with Crippen LogP contribution in [-0.2, 0) is 0 Å². The van der Waals surface area contributed by atoms with Crippen molar-refractivity contribution in [2.24, 2.45) is 0 Å². The van der Waals surface area contributed by atoms with Crippen LogP contribution in [0.5, 0.6) is 5.75 Å². The molecule has 0 N–H and O–H groups in total. The summed E-state index contributed by atoms with van der Waals surface area (Å²) in [5.74, 6) is -0.618. The standard InChI is InChI=1S/C14H10BrClF2O/c1-19-11-2-3-12(13(16)7-11)14(15)8-4-9(17)6-10(18)5-8/h2-7,14H,1H3. The molecule has 0 aliphatic heterocycles. The molecule has 0 spiro atoms. The van der Waals surface area contributed by atoms with E-state index in [2.05, 4.69) is 15.9 Å². The second-order valence-electron chi connectivity index (χ2n) is 3.95. The Balaban J connectivity index is 2.40. The Morgan fingerprint density at radius 1 is 1.11 bits per heavy atom. The first-order chi connectivity index (χ1) is 9.01. The van der Waals surface area contributed by atoms with Crippen LogP contribution in [-0.4, -0.2) is 7.11 Å². The van der Waals surface area contributed by atoms with E-state index in [1.54, 1.807) is 25.3 Å². The van der Waals surface area contributed by atoms with Gasteiger partial charge in [0.15, 0.2) is 0 Å². The fraction of sp³-hybridized carbons (Fsp3) is 0.143. The number of halogens is 4. The summed E-state index contributed by atoms with van der Waals surface area (Å²) in [6, 6.07) is 8.51. The Morgan fingerprint density at radius 2 is 1.74 bits per heavy atom. The van der Waals surface area contributed by atoms with Crippen LogP contribution in [0.2, 0.25) is 5.02 Å². The lowest BCUT2D eigenvalue weighted by atomic mass is 10.0. The predicted molar refractivity (Wildman–Crippen MR) is 75.1 cm³/mol. The SMILES string of the molecule is COc1ccc(C(Br)c2cc(F)cc(F)c2)c(Cl)c1. The summed E-state index contributed by atoms with van der Waals surface area (Å²) in [5.41, 5.74) is 1.18. The maximum absolute atomic E-state index is 13.2. The summed E-state index contributed by atoms with van der Waals surface area (Å²) in [4.78, 5) is -0.392. The lowest BCUT2D eigenvalue weighted by Crippen LogP contribution is -1.96. The average molecular weight is 348 g/mol. The summed E-state index contributed by atoms with van der Waals surface area (Å²) in [6.45, 7) is 0. The molecule has 0 saturated heterocycles. The third-order valence-corrected chi connectivity index (χ3v) is 4.01. The maximum atomic E-state index is 13.2. The summed E-state index contributed by atoms with van der Waals surface area (Å²) in [7, 11) is 1.54. The molecule has 0 amide bonds. The molecule has 0 fully saturated rings. The highest BCUT2D eigenvalue weighted by Crippen LogP contribution is 2.37. The second-order valence-corrected chi connectivity index (χ2v) is 5.28. The van der Waals surface area contributed by atoms with Gasteiger partial charge in [-0.2, -0.15) is 0 Å². The fourth-order valence-electron chi connectivity index (χ4n) is 1.74. The van der Waals surface area contributed by atoms with Crippen LogP contribution in [0.1, 0.15) is 16.0 Å². The molecule has 0 aliphatic carbocycles. The molecule has 0 saturated carbocycles. The van der Waals surface area contributed by atoms with Crippen molar-refractivity contribution in [1.82, 2.24) is 0 Å². The van der Waals surface area contributed by atoms with Crippen molar-refractivity contribution < 1.29 is 13.5 Å². The lowest BCUT2D eigenvalue weighted by Gasteiger charge is -2.13. The first-order valence-corrected chi connectivity index (χ1v) is 6.74. The molecule has 100 valence electrons. The molecular formula is C14H10BrClF2O. The average Bonchev–Trinajstić information content (AvgIpc) is 2.36. The second kappa shape index (κ2) is 5.88. The number of rotatable bonds is 3. The quantitative estimate of drug-likeness (QED) is 0.701. The molecule has 0 bridgehead atoms. The van der Waals surface area contributed by atoms with Crippen LogP contribution < -0.4 is 4.74 Å². The van der Waals surface area contributed by atoms with Crippen LogP contribution in [0, 0.1) is 11.6 Å². The first kappa shape index (κ1) is 14.3. The molecule has 2 aromatic carbocycles. The van der Waals surface area contributed by atoms with E-state index in [0.717, 1.165) is 6.07 Å². The van der Waals surface area contributed by atoms with E-state index < -0.39 is 16.5 Å². The van der Waals surface area contributed by atoms with Crippen LogP contribution >= 0.6 is 27.5 Å². The van der Waals surface area contributed by atoms with Gasteiger partial charge in [-0.3, -0.25) is 0 Å². The van der Waals surface area contributed by atoms with Crippen molar-refractivity contribution in [1.29, 1.82) is 0 Å². The van der Waals surface area contributed by atoms with Crippen molar-refractivity contribution in [2.45, 2.75) is 4.83 Å². The molecule has 0 aromatic heterocycles. The number of methoxy groups -OCH3 is 1. The molecule has 2 rings (SSSR count). The topological polar surface area (TPSA) is 9.23 Å². The molecule has 19 heavy (non-hydrogen) atoms. The smallest absolute Gasteiger partial charge is 0.126 e. The van der Waals surface area contributed by atoms with Crippen molar-refractivity contribution in [2.75, 3.05) is 7.11 Å². The van der Waals surface area contributed by atoms with E-state index in [9.17, 15) is 8.78 Å². The van der Waals surface area contributed by atoms with Gasteiger partial charge in [0.1, 0.15) is 17.4 Å². The van der Waals surface area contributed by atoms with Gasteiger partial charge >= 0.3 is 0 Å². The number of benzene rings is 2. The van der Waals surface area contributed by atoms with E-state index in [1.165, 1.54) is 12.1 Å². The van der Waals surface area contributed by atoms with E-state index >= 15 is 0 Å². The van der Waals surface area contributed by atoms with Crippen LogP contribution in [0.25, 0.3) is 0 Å². The van der Waals surface area contributed by atoms with E-state index in [1.807, 2.05) is 0 Å². The van der Waals surface area contributed by atoms with Crippen molar-refractivity contribution in [3.05, 3.63) is 64.2 Å². The largest absolute Gasteiger partial charge is 0.497 e. The highest BCUT2D eigenvalue weighted by atomic mass is 79.9. The first-order valence-electron chi connectivity index (χ1n) is 5.44. The molecule has 0 heterocycles. The Bertz CT molecular complexity index is 584. The lowest BCUT2D eigenvalue weighted by molar-refractivity contribution is 0.414. The molecule has 1 unspecified atom stereocenters. The van der Waals surface area contributed by atoms with Gasteiger partial charge in [0.05, 0.1) is 11.9 Å². The van der Waals surface area contributed by atoms with Crippen LogP contribution in [0.15, 0.2) is 36.4 Å². The molecule has 0 radical (unpaired) electrons. The van der Waals surface area contributed by atoms with Gasteiger partial charge in [0.2, 0.25) is 0 Å². The Hall–Kier alpha value is -1.13. The van der Waals surface area contributed by atoms with Gasteiger partial charge < -0.3 is 4.74 Å². The molecule has 1 nitrogen and oxygen atoms in total. The van der Waals surface area contributed by atoms with Gasteiger partial charge in [-0.25, -0.2) is 8.78 Å². The minimum Gasteiger partial charge on any atom is -0.497 e. The van der Waals surface area contributed by atoms with E-state index in [4.69, 9.17) is 16.3 Å². The summed E-state index contributed by atoms with van der Waals surface area (Å²) < 4.78 is 31.5. The third-order valence-electron chi connectivity index (χ3n) is 2.66. The number of alkyl halides is 1.